The molecule has 0 aliphatic carbocycles. The van der Waals surface area contributed by atoms with Crippen LogP contribution in [0.3, 0.4) is 0 Å². The van der Waals surface area contributed by atoms with Crippen LogP contribution in [0.5, 0.6) is 0 Å². The molecule has 0 unspecified atom stereocenters. The van der Waals surface area contributed by atoms with Gasteiger partial charge in [-0.2, -0.15) is 0 Å². The van der Waals surface area contributed by atoms with Gasteiger partial charge in [0.2, 0.25) is 5.95 Å². The molecular formula is C12H13ClN4O2S. The Labute approximate surface area is 122 Å². The van der Waals surface area contributed by atoms with Crippen LogP contribution in [0.15, 0.2) is 41.6 Å². The number of anilines is 1. The number of sulfonamides is 1. The first kappa shape index (κ1) is 14.7. The second-order valence-corrected chi connectivity index (χ2v) is 6.05. The largest absolute Gasteiger partial charge is 0.316 e. The normalized spacial score (nSPS) is 11.3. The minimum Gasteiger partial charge on any atom is -0.316 e. The van der Waals surface area contributed by atoms with Gasteiger partial charge in [-0.15, -0.1) is 0 Å². The van der Waals surface area contributed by atoms with Gasteiger partial charge >= 0.3 is 0 Å². The number of nitrogens with zero attached hydrogens (tertiary/aromatic N) is 2. The monoisotopic (exact) mass is 312 g/mol. The third kappa shape index (κ3) is 3.44. The lowest BCUT2D eigenvalue weighted by Gasteiger charge is -2.09. The van der Waals surface area contributed by atoms with Crippen LogP contribution in [0.1, 0.15) is 5.56 Å². The third-order valence-electron chi connectivity index (χ3n) is 2.49. The summed E-state index contributed by atoms with van der Waals surface area (Å²) in [4.78, 5) is 7.76. The molecule has 1 aromatic heterocycles. The summed E-state index contributed by atoms with van der Waals surface area (Å²) in [6.45, 7) is 0.476. The van der Waals surface area contributed by atoms with Crippen molar-refractivity contribution in [2.24, 2.45) is 0 Å². The maximum Gasteiger partial charge on any atom is 0.264 e. The van der Waals surface area contributed by atoms with Crippen LogP contribution in [0.25, 0.3) is 0 Å². The van der Waals surface area contributed by atoms with Crippen LogP contribution in [0.2, 0.25) is 5.02 Å². The Bertz CT molecular complexity index is 692. The Morgan fingerprint density at radius 3 is 2.60 bits per heavy atom. The van der Waals surface area contributed by atoms with E-state index in [9.17, 15) is 8.42 Å². The van der Waals surface area contributed by atoms with Crippen LogP contribution >= 0.6 is 11.6 Å². The highest BCUT2D eigenvalue weighted by atomic mass is 35.5. The molecule has 0 fully saturated rings. The topological polar surface area (TPSA) is 84.0 Å². The summed E-state index contributed by atoms with van der Waals surface area (Å²) >= 11 is 6.01. The van der Waals surface area contributed by atoms with Gasteiger partial charge in [0.25, 0.3) is 10.0 Å². The highest BCUT2D eigenvalue weighted by Crippen LogP contribution is 2.21. The molecule has 0 saturated carbocycles. The molecule has 0 aliphatic rings. The summed E-state index contributed by atoms with van der Waals surface area (Å²) in [7, 11) is -1.97. The predicted molar refractivity (Wildman–Crippen MR) is 77.1 cm³/mol. The SMILES string of the molecule is CNCc1cc(S(=O)(=O)Nc2ncccn2)ccc1Cl. The van der Waals surface area contributed by atoms with Gasteiger partial charge in [-0.25, -0.2) is 23.1 Å². The van der Waals surface area contributed by atoms with E-state index in [0.717, 1.165) is 0 Å². The summed E-state index contributed by atoms with van der Waals surface area (Å²) in [6, 6.07) is 6.11. The van der Waals surface area contributed by atoms with Crippen molar-refractivity contribution >= 4 is 27.6 Å². The number of halogens is 1. The molecule has 6 nitrogen and oxygen atoms in total. The van der Waals surface area contributed by atoms with Gasteiger partial charge in [0.15, 0.2) is 0 Å². The smallest absolute Gasteiger partial charge is 0.264 e. The molecule has 2 N–H and O–H groups in total. The first-order valence-electron chi connectivity index (χ1n) is 5.76. The fourth-order valence-corrected chi connectivity index (χ4v) is 2.77. The van der Waals surface area contributed by atoms with E-state index in [-0.39, 0.29) is 10.8 Å². The van der Waals surface area contributed by atoms with Crippen LogP contribution in [-0.4, -0.2) is 25.4 Å². The molecular weight excluding hydrogens is 300 g/mol. The van der Waals surface area contributed by atoms with Gasteiger partial charge in [-0.05, 0) is 36.9 Å². The van der Waals surface area contributed by atoms with Gasteiger partial charge in [-0.3, -0.25) is 0 Å². The third-order valence-corrected chi connectivity index (χ3v) is 4.18. The molecule has 1 aromatic carbocycles. The van der Waals surface area contributed by atoms with Crippen LogP contribution in [-0.2, 0) is 16.6 Å². The zero-order chi connectivity index (χ0) is 14.6. The number of rotatable bonds is 5. The molecule has 0 radical (unpaired) electrons. The van der Waals surface area contributed by atoms with E-state index >= 15 is 0 Å². The van der Waals surface area contributed by atoms with Crippen molar-refractivity contribution in [2.45, 2.75) is 11.4 Å². The molecule has 1 heterocycles. The summed E-state index contributed by atoms with van der Waals surface area (Å²) in [5.74, 6) is 0.0256. The molecule has 20 heavy (non-hydrogen) atoms. The summed E-state index contributed by atoms with van der Waals surface area (Å²) in [5, 5.41) is 3.44. The number of hydrogen-bond donors (Lipinski definition) is 2. The summed E-state index contributed by atoms with van der Waals surface area (Å²) in [6.07, 6.45) is 2.91. The lowest BCUT2D eigenvalue weighted by atomic mass is 10.2. The van der Waals surface area contributed by atoms with E-state index in [4.69, 9.17) is 11.6 Å². The molecule has 8 heteroatoms. The van der Waals surface area contributed by atoms with Gasteiger partial charge in [0.05, 0.1) is 4.90 Å². The minimum atomic E-state index is -3.73. The molecule has 2 rings (SSSR count). The van der Waals surface area contributed by atoms with Gasteiger partial charge < -0.3 is 5.32 Å². The van der Waals surface area contributed by atoms with Gasteiger partial charge in [0, 0.05) is 24.0 Å². The van der Waals surface area contributed by atoms with Crippen molar-refractivity contribution in [3.63, 3.8) is 0 Å². The van der Waals surface area contributed by atoms with E-state index in [1.807, 2.05) is 0 Å². The van der Waals surface area contributed by atoms with Crippen molar-refractivity contribution in [1.29, 1.82) is 0 Å². The quantitative estimate of drug-likeness (QED) is 0.877. The van der Waals surface area contributed by atoms with Crippen LogP contribution < -0.4 is 10.0 Å². The zero-order valence-corrected chi connectivity index (χ0v) is 12.2. The highest BCUT2D eigenvalue weighted by molar-refractivity contribution is 7.92. The lowest BCUT2D eigenvalue weighted by Crippen LogP contribution is -2.15. The van der Waals surface area contributed by atoms with E-state index in [1.165, 1.54) is 24.5 Å². The van der Waals surface area contributed by atoms with Crippen LogP contribution in [0.4, 0.5) is 5.95 Å². The Balaban J connectivity index is 2.32. The average molecular weight is 313 g/mol. The Morgan fingerprint density at radius 1 is 1.25 bits per heavy atom. The molecule has 106 valence electrons. The minimum absolute atomic E-state index is 0.0256. The Morgan fingerprint density at radius 2 is 1.95 bits per heavy atom. The molecule has 0 aliphatic heterocycles. The van der Waals surface area contributed by atoms with Gasteiger partial charge in [0.1, 0.15) is 0 Å². The maximum absolute atomic E-state index is 12.2. The molecule has 0 spiro atoms. The van der Waals surface area contributed by atoms with E-state index in [2.05, 4.69) is 20.0 Å². The first-order chi connectivity index (χ1) is 9.53. The molecule has 2 aromatic rings. The summed E-state index contributed by atoms with van der Waals surface area (Å²) < 4.78 is 26.7. The summed E-state index contributed by atoms with van der Waals surface area (Å²) in [5.41, 5.74) is 0.700. The van der Waals surface area contributed by atoms with Crippen molar-refractivity contribution in [1.82, 2.24) is 15.3 Å². The number of benzene rings is 1. The van der Waals surface area contributed by atoms with Crippen molar-refractivity contribution in [2.75, 3.05) is 11.8 Å². The fourth-order valence-electron chi connectivity index (χ4n) is 1.58. The number of aromatic nitrogens is 2. The first-order valence-corrected chi connectivity index (χ1v) is 7.62. The standard InChI is InChI=1S/C12H13ClN4O2S/c1-14-8-9-7-10(3-4-11(9)13)20(18,19)17-12-15-5-2-6-16-12/h2-7,14H,8H2,1H3,(H,15,16,17). The molecule has 0 atom stereocenters. The second-order valence-electron chi connectivity index (χ2n) is 3.96. The molecule has 0 bridgehead atoms. The van der Waals surface area contributed by atoms with Crippen molar-refractivity contribution in [3.8, 4) is 0 Å². The van der Waals surface area contributed by atoms with Crippen molar-refractivity contribution < 1.29 is 8.42 Å². The zero-order valence-electron chi connectivity index (χ0n) is 10.7. The second kappa shape index (κ2) is 6.17. The Kier molecular flexibility index (Phi) is 4.53. The van der Waals surface area contributed by atoms with E-state index < -0.39 is 10.0 Å². The van der Waals surface area contributed by atoms with Gasteiger partial charge in [-0.1, -0.05) is 11.6 Å². The van der Waals surface area contributed by atoms with E-state index in [1.54, 1.807) is 19.2 Å². The fraction of sp³-hybridized carbons (Fsp3) is 0.167. The average Bonchev–Trinajstić information content (AvgIpc) is 2.42. The van der Waals surface area contributed by atoms with E-state index in [0.29, 0.717) is 17.1 Å². The van der Waals surface area contributed by atoms with Crippen LogP contribution in [0, 0.1) is 0 Å². The maximum atomic E-state index is 12.2. The molecule has 0 amide bonds. The Hall–Kier alpha value is -1.70. The number of hydrogen-bond acceptors (Lipinski definition) is 5. The van der Waals surface area contributed by atoms with Crippen molar-refractivity contribution in [3.05, 3.63) is 47.2 Å². The highest BCUT2D eigenvalue weighted by Gasteiger charge is 2.16. The lowest BCUT2D eigenvalue weighted by molar-refractivity contribution is 0.600. The number of nitrogens with one attached hydrogen (secondary N) is 2. The molecule has 0 saturated heterocycles. The predicted octanol–water partition coefficient (Wildman–Crippen LogP) is 1.65.